The Kier molecular flexibility index (Phi) is 6.09. The van der Waals surface area contributed by atoms with E-state index in [0.29, 0.717) is 41.1 Å². The minimum atomic E-state index is -4.79. The number of aliphatic hydroxyl groups is 2. The highest BCUT2D eigenvalue weighted by atomic mass is 19.4. The number of carbonyl (C=O) groups excluding carboxylic acids is 1. The first-order chi connectivity index (χ1) is 15.7. The van der Waals surface area contributed by atoms with Crippen molar-refractivity contribution in [1.29, 1.82) is 0 Å². The van der Waals surface area contributed by atoms with Gasteiger partial charge in [0.05, 0.1) is 24.1 Å². The number of pyridine rings is 1. The number of benzene rings is 1. The molecule has 2 N–H and O–H groups in total. The molecule has 8 nitrogen and oxygen atoms in total. The highest BCUT2D eigenvalue weighted by Crippen LogP contribution is 2.34. The van der Waals surface area contributed by atoms with Gasteiger partial charge in [-0.1, -0.05) is 6.08 Å². The summed E-state index contributed by atoms with van der Waals surface area (Å²) in [7, 11) is 0. The Morgan fingerprint density at radius 2 is 1.97 bits per heavy atom. The molecule has 0 aliphatic carbocycles. The van der Waals surface area contributed by atoms with Crippen molar-refractivity contribution in [3.05, 3.63) is 59.9 Å². The second kappa shape index (κ2) is 8.83. The van der Waals surface area contributed by atoms with Gasteiger partial charge in [0.2, 0.25) is 5.91 Å². The average molecular weight is 462 g/mol. The molecule has 2 aromatic heterocycles. The number of aliphatic hydroxyl groups excluding tert-OH is 2. The largest absolute Gasteiger partial charge is 0.573 e. The van der Waals surface area contributed by atoms with Crippen molar-refractivity contribution < 1.29 is 32.9 Å². The van der Waals surface area contributed by atoms with Crippen molar-refractivity contribution in [2.75, 3.05) is 13.1 Å². The summed E-state index contributed by atoms with van der Waals surface area (Å²) in [6.07, 6.45) is -1.27. The van der Waals surface area contributed by atoms with E-state index >= 15 is 0 Å². The van der Waals surface area contributed by atoms with Gasteiger partial charge in [0.15, 0.2) is 5.65 Å². The van der Waals surface area contributed by atoms with Gasteiger partial charge in [0.25, 0.3) is 0 Å². The fourth-order valence-electron chi connectivity index (χ4n) is 3.68. The number of halogens is 3. The first-order valence-corrected chi connectivity index (χ1v) is 10.1. The number of carbonyl (C=O) groups is 1. The van der Waals surface area contributed by atoms with Gasteiger partial charge in [-0.25, -0.2) is 9.67 Å². The molecule has 0 bridgehead atoms. The fraction of sp³-hybridized carbons (Fsp3) is 0.318. The number of aromatic nitrogens is 3. The van der Waals surface area contributed by atoms with Gasteiger partial charge in [0.1, 0.15) is 5.75 Å². The molecule has 4 rings (SSSR count). The monoisotopic (exact) mass is 462 g/mol. The van der Waals surface area contributed by atoms with Crippen molar-refractivity contribution in [2.24, 2.45) is 0 Å². The maximum Gasteiger partial charge on any atom is 0.573 e. The van der Waals surface area contributed by atoms with E-state index in [0.717, 1.165) is 0 Å². The average Bonchev–Trinajstić information content (AvgIpc) is 3.10. The summed E-state index contributed by atoms with van der Waals surface area (Å²) >= 11 is 0. The Balaban J connectivity index is 1.65. The number of likely N-dealkylation sites (tertiary alicyclic amines) is 1. The van der Waals surface area contributed by atoms with Crippen LogP contribution in [0.25, 0.3) is 16.7 Å². The lowest BCUT2D eigenvalue weighted by Gasteiger charge is -2.38. The number of ether oxygens (including phenoxy) is 1. The number of nitrogens with zero attached hydrogens (tertiary/aromatic N) is 4. The highest BCUT2D eigenvalue weighted by Gasteiger charge is 2.35. The molecule has 0 saturated carbocycles. The van der Waals surface area contributed by atoms with Crippen molar-refractivity contribution in [3.8, 4) is 11.4 Å². The molecule has 1 aliphatic rings. The van der Waals surface area contributed by atoms with E-state index in [4.69, 9.17) is 0 Å². The summed E-state index contributed by atoms with van der Waals surface area (Å²) < 4.78 is 42.8. The Bertz CT molecular complexity index is 1180. The van der Waals surface area contributed by atoms with E-state index in [1.165, 1.54) is 47.3 Å². The van der Waals surface area contributed by atoms with Crippen molar-refractivity contribution >= 4 is 16.9 Å². The third kappa shape index (κ3) is 4.83. The van der Waals surface area contributed by atoms with Gasteiger partial charge < -0.3 is 19.8 Å². The molecule has 33 heavy (non-hydrogen) atoms. The van der Waals surface area contributed by atoms with Crippen LogP contribution in [-0.4, -0.2) is 61.3 Å². The number of amides is 1. The van der Waals surface area contributed by atoms with E-state index < -0.39 is 12.5 Å². The second-order valence-corrected chi connectivity index (χ2v) is 7.71. The molecule has 0 spiro atoms. The maximum atomic E-state index is 12.5. The molecule has 3 aromatic rings. The number of hydrogen-bond acceptors (Lipinski definition) is 6. The number of hydrogen-bond donors (Lipinski definition) is 2. The quantitative estimate of drug-likeness (QED) is 0.547. The topological polar surface area (TPSA) is 101 Å². The fourth-order valence-corrected chi connectivity index (χ4v) is 3.68. The first kappa shape index (κ1) is 22.7. The number of alkyl halides is 3. The van der Waals surface area contributed by atoms with E-state index in [1.54, 1.807) is 17.9 Å². The van der Waals surface area contributed by atoms with Crippen molar-refractivity contribution in [2.45, 2.75) is 31.9 Å². The molecule has 1 aromatic carbocycles. The molecule has 174 valence electrons. The van der Waals surface area contributed by atoms with Gasteiger partial charge in [-0.05, 0) is 42.8 Å². The summed E-state index contributed by atoms with van der Waals surface area (Å²) in [5.41, 5.74) is 2.16. The van der Waals surface area contributed by atoms with Crippen molar-refractivity contribution in [1.82, 2.24) is 19.7 Å². The van der Waals surface area contributed by atoms with E-state index in [9.17, 15) is 28.2 Å². The van der Waals surface area contributed by atoms with Gasteiger partial charge in [-0.3, -0.25) is 4.79 Å². The number of rotatable bonds is 6. The summed E-state index contributed by atoms with van der Waals surface area (Å²) in [4.78, 5) is 18.2. The molecule has 1 atom stereocenters. The molecule has 1 fully saturated rings. The Morgan fingerprint density at radius 3 is 2.58 bits per heavy atom. The molecule has 0 radical (unpaired) electrons. The SMILES string of the molecule is C[C@@H](O)/C=C/C(=O)N1CC(c2nn(-c3ccc(OC(F)(F)F)cc3)c3nccc(CO)c23)C1. The molecule has 1 amide bonds. The van der Waals surface area contributed by atoms with Crippen LogP contribution in [0.15, 0.2) is 48.7 Å². The first-order valence-electron chi connectivity index (χ1n) is 10.1. The minimum absolute atomic E-state index is 0.111. The van der Waals surface area contributed by atoms with E-state index in [2.05, 4.69) is 14.8 Å². The predicted molar refractivity (Wildman–Crippen MR) is 112 cm³/mol. The van der Waals surface area contributed by atoms with Crippen LogP contribution in [-0.2, 0) is 11.4 Å². The van der Waals surface area contributed by atoms with E-state index in [-0.39, 0.29) is 24.2 Å². The zero-order valence-corrected chi connectivity index (χ0v) is 17.5. The van der Waals surface area contributed by atoms with Crippen LogP contribution < -0.4 is 4.74 Å². The summed E-state index contributed by atoms with van der Waals surface area (Å²) in [5.74, 6) is -0.693. The zero-order chi connectivity index (χ0) is 23.8. The highest BCUT2D eigenvalue weighted by molar-refractivity contribution is 5.89. The standard InChI is InChI=1S/C22H21F3N4O4/c1-13(31)2-7-18(32)28-10-15(11-28)20-19-14(12-30)8-9-26-21(19)29(27-20)16-3-5-17(6-4-16)33-22(23,24)25/h2-9,13,15,30-31H,10-12H2,1H3/b7-2+/t13-/m1/s1. The lowest BCUT2D eigenvalue weighted by molar-refractivity contribution is -0.274. The van der Waals surface area contributed by atoms with Crippen LogP contribution in [0.3, 0.4) is 0 Å². The van der Waals surface area contributed by atoms with Crippen LogP contribution in [0.2, 0.25) is 0 Å². The lowest BCUT2D eigenvalue weighted by atomic mass is 9.93. The number of fused-ring (bicyclic) bond motifs is 1. The normalized spacial score (nSPS) is 15.8. The van der Waals surface area contributed by atoms with Gasteiger partial charge >= 0.3 is 6.36 Å². The van der Waals surface area contributed by atoms with Crippen LogP contribution in [0.1, 0.15) is 24.1 Å². The molecular formula is C22H21F3N4O4. The third-order valence-electron chi connectivity index (χ3n) is 5.26. The maximum absolute atomic E-state index is 12.5. The Morgan fingerprint density at radius 1 is 1.27 bits per heavy atom. The molecular weight excluding hydrogens is 441 g/mol. The van der Waals surface area contributed by atoms with Gasteiger partial charge in [-0.15, -0.1) is 13.2 Å². The summed E-state index contributed by atoms with van der Waals surface area (Å²) in [6.45, 7) is 2.09. The van der Waals surface area contributed by atoms with Crippen LogP contribution in [0.4, 0.5) is 13.2 Å². The minimum Gasteiger partial charge on any atom is -0.406 e. The van der Waals surface area contributed by atoms with Crippen LogP contribution in [0, 0.1) is 0 Å². The smallest absolute Gasteiger partial charge is 0.406 e. The van der Waals surface area contributed by atoms with Crippen LogP contribution in [0.5, 0.6) is 5.75 Å². The van der Waals surface area contributed by atoms with E-state index in [1.807, 2.05) is 0 Å². The predicted octanol–water partition coefficient (Wildman–Crippen LogP) is 2.67. The molecule has 11 heteroatoms. The third-order valence-corrected chi connectivity index (χ3v) is 5.26. The zero-order valence-electron chi connectivity index (χ0n) is 17.5. The Labute approximate surface area is 186 Å². The molecule has 0 unspecified atom stereocenters. The molecule has 1 aliphatic heterocycles. The summed E-state index contributed by atoms with van der Waals surface area (Å²) in [5, 5.41) is 24.4. The second-order valence-electron chi connectivity index (χ2n) is 7.71. The Hall–Kier alpha value is -3.44. The lowest BCUT2D eigenvalue weighted by Crippen LogP contribution is -2.48. The van der Waals surface area contributed by atoms with Crippen LogP contribution >= 0.6 is 0 Å². The van der Waals surface area contributed by atoms with Gasteiger partial charge in [0, 0.05) is 36.7 Å². The molecule has 3 heterocycles. The van der Waals surface area contributed by atoms with Crippen molar-refractivity contribution in [3.63, 3.8) is 0 Å². The molecule has 1 saturated heterocycles. The summed E-state index contributed by atoms with van der Waals surface area (Å²) in [6, 6.07) is 6.91. The van der Waals surface area contributed by atoms with Gasteiger partial charge in [-0.2, -0.15) is 5.10 Å².